The summed E-state index contributed by atoms with van der Waals surface area (Å²) in [6.45, 7) is 4.75. The highest BCUT2D eigenvalue weighted by atomic mass is 15.1. The zero-order valence-electron chi connectivity index (χ0n) is 12.1. The number of hydrogen-bond donors (Lipinski definition) is 1. The number of benzene rings is 1. The number of nitrogens with one attached hydrogen (secondary N) is 1. The van der Waals surface area contributed by atoms with E-state index in [1.807, 2.05) is 13.0 Å². The van der Waals surface area contributed by atoms with Crippen LogP contribution in [0.25, 0.3) is 0 Å². The van der Waals surface area contributed by atoms with Crippen molar-refractivity contribution in [2.75, 3.05) is 18.9 Å². The molecule has 0 saturated heterocycles. The van der Waals surface area contributed by atoms with Crippen LogP contribution in [0.3, 0.4) is 0 Å². The zero-order chi connectivity index (χ0) is 13.9. The second-order valence-corrected chi connectivity index (χ2v) is 5.37. The second kappa shape index (κ2) is 5.59. The molecule has 0 aliphatic carbocycles. The molecule has 0 saturated carbocycles. The Hall–Kier alpha value is -1.94. The lowest BCUT2D eigenvalue weighted by Gasteiger charge is -2.26. The van der Waals surface area contributed by atoms with Gasteiger partial charge in [0.1, 0.15) is 11.6 Å². The van der Waals surface area contributed by atoms with E-state index >= 15 is 0 Å². The summed E-state index contributed by atoms with van der Waals surface area (Å²) >= 11 is 0. The molecular weight excluding hydrogens is 248 g/mol. The Morgan fingerprint density at radius 2 is 2.00 bits per heavy atom. The Bertz CT molecular complexity index is 595. The molecule has 20 heavy (non-hydrogen) atoms. The summed E-state index contributed by atoms with van der Waals surface area (Å²) in [5.74, 6) is 1.85. The Labute approximate surface area is 119 Å². The molecule has 0 spiro atoms. The van der Waals surface area contributed by atoms with Gasteiger partial charge in [0.15, 0.2) is 0 Å². The fourth-order valence-electron chi connectivity index (χ4n) is 2.61. The minimum absolute atomic E-state index is 0.805. The molecule has 1 aliphatic heterocycles. The molecule has 1 aromatic heterocycles. The van der Waals surface area contributed by atoms with Gasteiger partial charge < -0.3 is 10.2 Å². The van der Waals surface area contributed by atoms with Crippen molar-refractivity contribution < 1.29 is 0 Å². The highest BCUT2D eigenvalue weighted by Crippen LogP contribution is 2.23. The van der Waals surface area contributed by atoms with Crippen LogP contribution in [0, 0.1) is 6.92 Å². The van der Waals surface area contributed by atoms with E-state index in [9.17, 15) is 0 Å². The maximum Gasteiger partial charge on any atom is 0.133 e. The SMILES string of the molecule is Cc1nc2c(c(NCc3ccccc3)n1)CCN(C)C2. The summed E-state index contributed by atoms with van der Waals surface area (Å²) in [6.07, 6.45) is 1.02. The van der Waals surface area contributed by atoms with E-state index in [2.05, 4.69) is 51.5 Å². The molecule has 104 valence electrons. The molecular formula is C16H20N4. The van der Waals surface area contributed by atoms with Crippen molar-refractivity contribution in [1.29, 1.82) is 0 Å². The van der Waals surface area contributed by atoms with Gasteiger partial charge in [-0.25, -0.2) is 9.97 Å². The number of nitrogens with zero attached hydrogens (tertiary/aromatic N) is 3. The normalized spacial score (nSPS) is 14.9. The molecule has 2 heterocycles. The zero-order valence-corrected chi connectivity index (χ0v) is 12.1. The Kier molecular flexibility index (Phi) is 3.65. The number of aryl methyl sites for hydroxylation is 1. The molecule has 1 aliphatic rings. The van der Waals surface area contributed by atoms with Crippen LogP contribution < -0.4 is 5.32 Å². The van der Waals surface area contributed by atoms with Crippen LogP contribution in [0.2, 0.25) is 0 Å². The number of fused-ring (bicyclic) bond motifs is 1. The summed E-state index contributed by atoms with van der Waals surface area (Å²) in [5.41, 5.74) is 3.72. The van der Waals surface area contributed by atoms with Gasteiger partial charge in [-0.15, -0.1) is 0 Å². The Morgan fingerprint density at radius 3 is 2.80 bits per heavy atom. The van der Waals surface area contributed by atoms with Crippen LogP contribution in [0.5, 0.6) is 0 Å². The molecule has 1 N–H and O–H groups in total. The third-order valence-corrected chi connectivity index (χ3v) is 3.67. The number of anilines is 1. The topological polar surface area (TPSA) is 41.1 Å². The number of aromatic nitrogens is 2. The highest BCUT2D eigenvalue weighted by molar-refractivity contribution is 5.48. The van der Waals surface area contributed by atoms with Gasteiger partial charge in [-0.1, -0.05) is 30.3 Å². The smallest absolute Gasteiger partial charge is 0.133 e. The van der Waals surface area contributed by atoms with Gasteiger partial charge in [0, 0.05) is 25.2 Å². The molecule has 2 aromatic rings. The maximum atomic E-state index is 4.59. The molecule has 0 amide bonds. The van der Waals surface area contributed by atoms with Crippen molar-refractivity contribution in [2.24, 2.45) is 0 Å². The lowest BCUT2D eigenvalue weighted by molar-refractivity contribution is 0.307. The van der Waals surface area contributed by atoms with Crippen LogP contribution in [0.15, 0.2) is 30.3 Å². The average Bonchev–Trinajstić information content (AvgIpc) is 2.45. The van der Waals surface area contributed by atoms with Crippen molar-refractivity contribution in [3.63, 3.8) is 0 Å². The number of likely N-dealkylation sites (N-methyl/N-ethyl adjacent to an activating group) is 1. The van der Waals surface area contributed by atoms with Crippen LogP contribution in [0.4, 0.5) is 5.82 Å². The van der Waals surface area contributed by atoms with Crippen molar-refractivity contribution in [3.8, 4) is 0 Å². The number of rotatable bonds is 3. The van der Waals surface area contributed by atoms with Gasteiger partial charge in [0.25, 0.3) is 0 Å². The fraction of sp³-hybridized carbons (Fsp3) is 0.375. The van der Waals surface area contributed by atoms with E-state index in [1.165, 1.54) is 16.8 Å². The van der Waals surface area contributed by atoms with Gasteiger partial charge in [0.2, 0.25) is 0 Å². The van der Waals surface area contributed by atoms with Gasteiger partial charge in [0.05, 0.1) is 5.69 Å². The first-order chi connectivity index (χ1) is 9.72. The summed E-state index contributed by atoms with van der Waals surface area (Å²) in [5, 5.41) is 3.48. The summed E-state index contributed by atoms with van der Waals surface area (Å²) < 4.78 is 0. The third kappa shape index (κ3) is 2.80. The molecule has 0 radical (unpaired) electrons. The monoisotopic (exact) mass is 268 g/mol. The van der Waals surface area contributed by atoms with Gasteiger partial charge in [-0.2, -0.15) is 0 Å². The van der Waals surface area contributed by atoms with Crippen LogP contribution in [-0.2, 0) is 19.5 Å². The quantitative estimate of drug-likeness (QED) is 0.928. The summed E-state index contributed by atoms with van der Waals surface area (Å²) in [6, 6.07) is 10.4. The first-order valence-corrected chi connectivity index (χ1v) is 7.05. The predicted octanol–water partition coefficient (Wildman–Crippen LogP) is 2.39. The van der Waals surface area contributed by atoms with Gasteiger partial charge >= 0.3 is 0 Å². The van der Waals surface area contributed by atoms with Crippen molar-refractivity contribution in [1.82, 2.24) is 14.9 Å². The predicted molar refractivity (Wildman–Crippen MR) is 80.6 cm³/mol. The average molecular weight is 268 g/mol. The van der Waals surface area contributed by atoms with E-state index in [1.54, 1.807) is 0 Å². The van der Waals surface area contributed by atoms with Crippen LogP contribution in [-0.4, -0.2) is 28.5 Å². The first kappa shape index (κ1) is 13.1. The minimum atomic E-state index is 0.805. The second-order valence-electron chi connectivity index (χ2n) is 5.37. The maximum absolute atomic E-state index is 4.59. The molecule has 0 fully saturated rings. The standard InChI is InChI=1S/C16H20N4/c1-12-18-15-11-20(2)9-8-14(15)16(19-12)17-10-13-6-4-3-5-7-13/h3-7H,8-11H2,1-2H3,(H,17,18,19). The highest BCUT2D eigenvalue weighted by Gasteiger charge is 2.19. The van der Waals surface area contributed by atoms with E-state index < -0.39 is 0 Å². The lowest BCUT2D eigenvalue weighted by Crippen LogP contribution is -2.29. The van der Waals surface area contributed by atoms with Crippen molar-refractivity contribution in [2.45, 2.75) is 26.4 Å². The Morgan fingerprint density at radius 1 is 1.20 bits per heavy atom. The van der Waals surface area contributed by atoms with Crippen molar-refractivity contribution in [3.05, 3.63) is 53.0 Å². The molecule has 1 aromatic carbocycles. The first-order valence-electron chi connectivity index (χ1n) is 7.05. The Balaban J connectivity index is 1.82. The van der Waals surface area contributed by atoms with E-state index in [0.29, 0.717) is 0 Å². The molecule has 0 bridgehead atoms. The fourth-order valence-corrected chi connectivity index (χ4v) is 2.61. The molecule has 0 unspecified atom stereocenters. The van der Waals surface area contributed by atoms with E-state index in [4.69, 9.17) is 0 Å². The molecule has 4 heteroatoms. The van der Waals surface area contributed by atoms with Crippen LogP contribution in [0.1, 0.15) is 22.6 Å². The van der Waals surface area contributed by atoms with Crippen molar-refractivity contribution >= 4 is 5.82 Å². The lowest BCUT2D eigenvalue weighted by atomic mass is 10.1. The minimum Gasteiger partial charge on any atom is -0.366 e. The van der Waals surface area contributed by atoms with E-state index in [-0.39, 0.29) is 0 Å². The summed E-state index contributed by atoms with van der Waals surface area (Å²) in [4.78, 5) is 11.5. The van der Waals surface area contributed by atoms with Crippen LogP contribution >= 0.6 is 0 Å². The van der Waals surface area contributed by atoms with Gasteiger partial charge in [-0.05, 0) is 26.0 Å². The van der Waals surface area contributed by atoms with Gasteiger partial charge in [-0.3, -0.25) is 0 Å². The molecule has 3 rings (SSSR count). The molecule has 4 nitrogen and oxygen atoms in total. The largest absolute Gasteiger partial charge is 0.366 e. The summed E-state index contributed by atoms with van der Waals surface area (Å²) in [7, 11) is 2.14. The third-order valence-electron chi connectivity index (χ3n) is 3.67. The molecule has 0 atom stereocenters. The van der Waals surface area contributed by atoms with E-state index in [0.717, 1.165) is 37.7 Å². The number of hydrogen-bond acceptors (Lipinski definition) is 4.